The number of amides is 1. The molecule has 0 aromatic heterocycles. The second-order valence-corrected chi connectivity index (χ2v) is 11.0. The van der Waals surface area contributed by atoms with Crippen molar-refractivity contribution in [1.82, 2.24) is 5.48 Å². The molecule has 1 aliphatic rings. The summed E-state index contributed by atoms with van der Waals surface area (Å²) in [5, 5.41) is 0. The lowest BCUT2D eigenvalue weighted by Gasteiger charge is -2.32. The summed E-state index contributed by atoms with van der Waals surface area (Å²) < 4.78 is 13.0. The predicted molar refractivity (Wildman–Crippen MR) is 147 cm³/mol. The third-order valence-electron chi connectivity index (χ3n) is 6.83. The SMILES string of the molecule is CC1(C)OB(c2ccc(CONC(=O)Cc3cccc(C(=O)c4ccc(Br)cc4)c3N)cc2)OC1(C)C. The molecule has 1 aliphatic heterocycles. The zero-order chi connectivity index (χ0) is 26.8. The van der Waals surface area contributed by atoms with E-state index < -0.39 is 18.3 Å². The molecule has 3 aromatic rings. The molecule has 0 aliphatic carbocycles. The Kier molecular flexibility index (Phi) is 7.89. The van der Waals surface area contributed by atoms with Crippen LogP contribution in [0, 0.1) is 0 Å². The monoisotopic (exact) mass is 564 g/mol. The van der Waals surface area contributed by atoms with Crippen molar-refractivity contribution in [3.8, 4) is 0 Å². The van der Waals surface area contributed by atoms with E-state index in [2.05, 4.69) is 21.4 Å². The Bertz CT molecular complexity index is 1280. The standard InChI is InChI=1S/C28H30BBrN2O5/c1-27(2)28(3,4)37-29(36-27)21-12-8-18(9-13-21)17-35-32-24(33)16-20-6-5-7-23(25(20)31)26(34)19-10-14-22(30)15-11-19/h5-15H,16-17,31H2,1-4H3,(H,32,33). The fourth-order valence-corrected chi connectivity index (χ4v) is 4.15. The first-order chi connectivity index (χ1) is 17.5. The molecule has 192 valence electrons. The summed E-state index contributed by atoms with van der Waals surface area (Å²) in [5.41, 5.74) is 11.4. The van der Waals surface area contributed by atoms with Gasteiger partial charge in [-0.3, -0.25) is 14.4 Å². The van der Waals surface area contributed by atoms with Gasteiger partial charge in [0.1, 0.15) is 0 Å². The van der Waals surface area contributed by atoms with E-state index >= 15 is 0 Å². The maximum atomic E-state index is 12.9. The van der Waals surface area contributed by atoms with Gasteiger partial charge in [0.15, 0.2) is 5.78 Å². The Morgan fingerprint density at radius 2 is 1.57 bits per heavy atom. The van der Waals surface area contributed by atoms with Crippen LogP contribution in [0.3, 0.4) is 0 Å². The number of halogens is 1. The second kappa shape index (κ2) is 10.8. The summed E-state index contributed by atoms with van der Waals surface area (Å²) in [7, 11) is -0.434. The highest BCUT2D eigenvalue weighted by Crippen LogP contribution is 2.36. The van der Waals surface area contributed by atoms with E-state index in [4.69, 9.17) is 19.9 Å². The quantitative estimate of drug-likeness (QED) is 0.183. The topological polar surface area (TPSA) is 99.9 Å². The first-order valence-corrected chi connectivity index (χ1v) is 12.8. The van der Waals surface area contributed by atoms with Crippen LogP contribution in [0.25, 0.3) is 0 Å². The van der Waals surface area contributed by atoms with Gasteiger partial charge in [0, 0.05) is 21.3 Å². The van der Waals surface area contributed by atoms with Crippen molar-refractivity contribution in [2.45, 2.75) is 51.9 Å². The maximum Gasteiger partial charge on any atom is 0.494 e. The van der Waals surface area contributed by atoms with Crippen molar-refractivity contribution in [3.05, 3.63) is 93.5 Å². The molecule has 3 aromatic carbocycles. The van der Waals surface area contributed by atoms with Crippen LogP contribution in [-0.2, 0) is 32.0 Å². The number of carbonyl (C=O) groups is 2. The largest absolute Gasteiger partial charge is 0.494 e. The summed E-state index contributed by atoms with van der Waals surface area (Å²) in [6.07, 6.45) is -0.0197. The van der Waals surface area contributed by atoms with Gasteiger partial charge in [0.25, 0.3) is 0 Å². The van der Waals surface area contributed by atoms with Gasteiger partial charge >= 0.3 is 7.12 Å². The number of carbonyl (C=O) groups excluding carboxylic acids is 2. The lowest BCUT2D eigenvalue weighted by Crippen LogP contribution is -2.41. The number of para-hydroxylation sites is 1. The molecular weight excluding hydrogens is 535 g/mol. The minimum atomic E-state index is -0.434. The Labute approximate surface area is 225 Å². The Morgan fingerprint density at radius 3 is 2.19 bits per heavy atom. The molecule has 0 atom stereocenters. The molecule has 37 heavy (non-hydrogen) atoms. The van der Waals surface area contributed by atoms with Crippen LogP contribution in [0.15, 0.2) is 71.2 Å². The molecule has 0 spiro atoms. The summed E-state index contributed by atoms with van der Waals surface area (Å²) in [6.45, 7) is 8.25. The van der Waals surface area contributed by atoms with E-state index in [0.29, 0.717) is 16.7 Å². The van der Waals surface area contributed by atoms with Gasteiger partial charge in [-0.25, -0.2) is 5.48 Å². The average molecular weight is 565 g/mol. The molecule has 1 amide bonds. The van der Waals surface area contributed by atoms with Crippen molar-refractivity contribution < 1.29 is 23.7 Å². The number of benzene rings is 3. The molecule has 0 saturated carbocycles. The first-order valence-electron chi connectivity index (χ1n) is 12.0. The molecule has 9 heteroatoms. The molecule has 1 saturated heterocycles. The molecule has 0 radical (unpaired) electrons. The van der Waals surface area contributed by atoms with Crippen molar-refractivity contribution in [2.75, 3.05) is 5.73 Å². The Morgan fingerprint density at radius 1 is 0.946 bits per heavy atom. The normalized spacial score (nSPS) is 16.0. The molecule has 1 heterocycles. The van der Waals surface area contributed by atoms with Crippen LogP contribution in [0.4, 0.5) is 5.69 Å². The van der Waals surface area contributed by atoms with E-state index in [1.165, 1.54) is 0 Å². The van der Waals surface area contributed by atoms with Crippen LogP contribution in [-0.4, -0.2) is 30.0 Å². The third kappa shape index (κ3) is 6.13. The van der Waals surface area contributed by atoms with Gasteiger partial charge in [-0.1, -0.05) is 52.3 Å². The Balaban J connectivity index is 1.30. The van der Waals surface area contributed by atoms with E-state index in [1.807, 2.05) is 52.0 Å². The number of rotatable bonds is 8. The van der Waals surface area contributed by atoms with E-state index in [0.717, 1.165) is 15.5 Å². The second-order valence-electron chi connectivity index (χ2n) is 10.0. The van der Waals surface area contributed by atoms with Crippen LogP contribution >= 0.6 is 15.9 Å². The predicted octanol–water partition coefficient (Wildman–Crippen LogP) is 4.35. The number of hydrogen-bond donors (Lipinski definition) is 2. The minimum absolute atomic E-state index is 0.0197. The van der Waals surface area contributed by atoms with Crippen LogP contribution in [0.1, 0.15) is 54.7 Å². The first kappa shape index (κ1) is 27.1. The van der Waals surface area contributed by atoms with Gasteiger partial charge in [0.2, 0.25) is 5.91 Å². The number of anilines is 1. The zero-order valence-electron chi connectivity index (χ0n) is 21.3. The van der Waals surface area contributed by atoms with Crippen molar-refractivity contribution >= 4 is 45.9 Å². The van der Waals surface area contributed by atoms with Crippen LogP contribution in [0.5, 0.6) is 0 Å². The fraction of sp³-hybridized carbons (Fsp3) is 0.286. The molecule has 3 N–H and O–H groups in total. The number of hydrogen-bond acceptors (Lipinski definition) is 6. The van der Waals surface area contributed by atoms with Crippen LogP contribution < -0.4 is 16.7 Å². The van der Waals surface area contributed by atoms with E-state index in [9.17, 15) is 9.59 Å². The van der Waals surface area contributed by atoms with Gasteiger partial charge < -0.3 is 15.0 Å². The van der Waals surface area contributed by atoms with Gasteiger partial charge in [0.05, 0.1) is 24.2 Å². The average Bonchev–Trinajstić information content (AvgIpc) is 3.07. The molecular formula is C28H30BBrN2O5. The lowest BCUT2D eigenvalue weighted by molar-refractivity contribution is -0.133. The summed E-state index contributed by atoms with van der Waals surface area (Å²) in [5.74, 6) is -0.568. The van der Waals surface area contributed by atoms with Gasteiger partial charge in [-0.05, 0) is 74.6 Å². The highest BCUT2D eigenvalue weighted by Gasteiger charge is 2.51. The van der Waals surface area contributed by atoms with E-state index in [-0.39, 0.29) is 30.4 Å². The number of hydroxylamine groups is 1. The number of ketones is 1. The van der Waals surface area contributed by atoms with Crippen molar-refractivity contribution in [2.24, 2.45) is 0 Å². The third-order valence-corrected chi connectivity index (χ3v) is 7.36. The highest BCUT2D eigenvalue weighted by atomic mass is 79.9. The summed E-state index contributed by atoms with van der Waals surface area (Å²) in [6, 6.07) is 19.8. The minimum Gasteiger partial charge on any atom is -0.399 e. The van der Waals surface area contributed by atoms with Gasteiger partial charge in [-0.2, -0.15) is 0 Å². The summed E-state index contributed by atoms with van der Waals surface area (Å²) in [4.78, 5) is 30.8. The summed E-state index contributed by atoms with van der Waals surface area (Å²) >= 11 is 3.36. The lowest BCUT2D eigenvalue weighted by atomic mass is 9.79. The molecule has 4 rings (SSSR count). The van der Waals surface area contributed by atoms with Crippen LogP contribution in [0.2, 0.25) is 0 Å². The molecule has 0 bridgehead atoms. The number of nitrogens with one attached hydrogen (secondary N) is 1. The van der Waals surface area contributed by atoms with E-state index in [1.54, 1.807) is 42.5 Å². The van der Waals surface area contributed by atoms with Crippen molar-refractivity contribution in [3.63, 3.8) is 0 Å². The Hall–Kier alpha value is -2.98. The fourth-order valence-electron chi connectivity index (χ4n) is 3.88. The zero-order valence-corrected chi connectivity index (χ0v) is 22.9. The highest BCUT2D eigenvalue weighted by molar-refractivity contribution is 9.10. The molecule has 7 nitrogen and oxygen atoms in total. The molecule has 1 fully saturated rings. The molecule has 0 unspecified atom stereocenters. The van der Waals surface area contributed by atoms with Crippen molar-refractivity contribution in [1.29, 1.82) is 0 Å². The smallest absolute Gasteiger partial charge is 0.399 e. The van der Waals surface area contributed by atoms with Gasteiger partial charge in [-0.15, -0.1) is 0 Å². The number of nitrogens with two attached hydrogens (primary N) is 1. The number of nitrogen functional groups attached to an aromatic ring is 1. The maximum absolute atomic E-state index is 12.9.